The number of para-hydroxylation sites is 1. The fraction of sp³-hybridized carbons (Fsp3) is 0.222. The summed E-state index contributed by atoms with van der Waals surface area (Å²) in [6.45, 7) is 0. The summed E-state index contributed by atoms with van der Waals surface area (Å²) >= 11 is 0. The summed E-state index contributed by atoms with van der Waals surface area (Å²) in [6, 6.07) is 10.3. The van der Waals surface area contributed by atoms with Crippen molar-refractivity contribution in [3.8, 4) is 0 Å². The van der Waals surface area contributed by atoms with Crippen LogP contribution >= 0.6 is 0 Å². The van der Waals surface area contributed by atoms with E-state index in [1.54, 1.807) is 24.3 Å². The molecule has 2 aliphatic rings. The largest absolute Gasteiger partial charge is 0.416 e. The van der Waals surface area contributed by atoms with Crippen molar-refractivity contribution in [3.63, 3.8) is 0 Å². The van der Waals surface area contributed by atoms with Gasteiger partial charge in [-0.25, -0.2) is 0 Å². The molecule has 2 N–H and O–H groups in total. The number of hydrogen-bond donors (Lipinski definition) is 2. The predicted octanol–water partition coefficient (Wildman–Crippen LogP) is 3.38. The summed E-state index contributed by atoms with van der Waals surface area (Å²) < 4.78 is 38.9. The molecule has 4 nitrogen and oxygen atoms in total. The molecule has 1 atom stereocenters. The van der Waals surface area contributed by atoms with Gasteiger partial charge in [-0.15, -0.1) is 0 Å². The van der Waals surface area contributed by atoms with Crippen LogP contribution in [0.5, 0.6) is 0 Å². The molecule has 1 unspecified atom stereocenters. The number of amides is 2. The zero-order valence-corrected chi connectivity index (χ0v) is 12.9. The Morgan fingerprint density at radius 2 is 1.44 bits per heavy atom. The highest BCUT2D eigenvalue weighted by atomic mass is 19.4. The second-order valence-corrected chi connectivity index (χ2v) is 6.37. The smallest absolute Gasteiger partial charge is 0.325 e. The van der Waals surface area contributed by atoms with Gasteiger partial charge in [-0.05, 0) is 48.2 Å². The van der Waals surface area contributed by atoms with Gasteiger partial charge in [-0.1, -0.05) is 18.2 Å². The number of carbonyl (C=O) groups excluding carboxylic acids is 2. The van der Waals surface area contributed by atoms with Gasteiger partial charge in [-0.3, -0.25) is 9.59 Å². The number of fused-ring (bicyclic) bond motifs is 2. The van der Waals surface area contributed by atoms with E-state index in [-0.39, 0.29) is 12.8 Å². The average molecular weight is 346 g/mol. The molecule has 0 saturated heterocycles. The van der Waals surface area contributed by atoms with Crippen molar-refractivity contribution >= 4 is 23.2 Å². The third kappa shape index (κ3) is 2.38. The molecule has 25 heavy (non-hydrogen) atoms. The van der Waals surface area contributed by atoms with E-state index in [0.29, 0.717) is 16.9 Å². The van der Waals surface area contributed by atoms with Crippen LogP contribution in [0.25, 0.3) is 0 Å². The standard InChI is InChI=1S/C18H13F3N2O2/c19-18(20,21)12-5-6-14-11(7-12)9-17(16(25)23-14)8-10-3-1-2-4-13(10)22-15(17)24/h1-7H,8-9H2,(H,22,24)(H,23,25). The first-order chi connectivity index (χ1) is 11.8. The first-order valence-electron chi connectivity index (χ1n) is 7.70. The minimum absolute atomic E-state index is 0.0712. The molecule has 0 radical (unpaired) electrons. The third-order valence-electron chi connectivity index (χ3n) is 4.80. The van der Waals surface area contributed by atoms with Gasteiger partial charge >= 0.3 is 6.18 Å². The van der Waals surface area contributed by atoms with Crippen molar-refractivity contribution in [1.82, 2.24) is 0 Å². The van der Waals surface area contributed by atoms with Crippen LogP contribution in [-0.4, -0.2) is 11.8 Å². The van der Waals surface area contributed by atoms with Crippen LogP contribution in [-0.2, 0) is 28.6 Å². The Kier molecular flexibility index (Phi) is 3.19. The number of anilines is 2. The highest BCUT2D eigenvalue weighted by Gasteiger charge is 2.51. The van der Waals surface area contributed by atoms with Crippen molar-refractivity contribution in [1.29, 1.82) is 0 Å². The summed E-state index contributed by atoms with van der Waals surface area (Å²) in [7, 11) is 0. The maximum Gasteiger partial charge on any atom is 0.416 e. The van der Waals surface area contributed by atoms with Crippen LogP contribution in [0.4, 0.5) is 24.5 Å². The molecule has 128 valence electrons. The second-order valence-electron chi connectivity index (χ2n) is 6.37. The Hall–Kier alpha value is -2.83. The monoisotopic (exact) mass is 346 g/mol. The van der Waals surface area contributed by atoms with Gasteiger partial charge in [0, 0.05) is 11.4 Å². The number of hydrogen-bond acceptors (Lipinski definition) is 2. The molecule has 0 aliphatic carbocycles. The lowest BCUT2D eigenvalue weighted by atomic mass is 9.70. The molecular formula is C18H13F3N2O2. The Morgan fingerprint density at radius 3 is 2.12 bits per heavy atom. The van der Waals surface area contributed by atoms with Gasteiger partial charge in [0.1, 0.15) is 5.41 Å². The molecule has 2 heterocycles. The number of benzene rings is 2. The quantitative estimate of drug-likeness (QED) is 0.719. The van der Waals surface area contributed by atoms with Crippen molar-refractivity contribution in [2.24, 2.45) is 5.41 Å². The average Bonchev–Trinajstić information content (AvgIpc) is 2.55. The van der Waals surface area contributed by atoms with Crippen LogP contribution in [0.2, 0.25) is 0 Å². The molecule has 2 amide bonds. The zero-order valence-electron chi connectivity index (χ0n) is 12.9. The highest BCUT2D eigenvalue weighted by molar-refractivity contribution is 6.17. The first-order valence-corrected chi connectivity index (χ1v) is 7.70. The Morgan fingerprint density at radius 1 is 0.840 bits per heavy atom. The maximum absolute atomic E-state index is 13.0. The van der Waals surface area contributed by atoms with Crippen LogP contribution in [0.3, 0.4) is 0 Å². The maximum atomic E-state index is 13.0. The molecule has 7 heteroatoms. The number of alkyl halides is 3. The van der Waals surface area contributed by atoms with Crippen LogP contribution in [0, 0.1) is 5.41 Å². The fourth-order valence-electron chi connectivity index (χ4n) is 3.46. The van der Waals surface area contributed by atoms with E-state index in [4.69, 9.17) is 0 Å². The molecule has 2 aromatic carbocycles. The summed E-state index contributed by atoms with van der Waals surface area (Å²) in [4.78, 5) is 25.3. The first kappa shape index (κ1) is 15.7. The van der Waals surface area contributed by atoms with Gasteiger partial charge in [0.05, 0.1) is 5.56 Å². The van der Waals surface area contributed by atoms with Crippen molar-refractivity contribution in [2.75, 3.05) is 10.6 Å². The molecule has 0 fully saturated rings. The number of carbonyl (C=O) groups is 2. The van der Waals surface area contributed by atoms with Crippen LogP contribution in [0.1, 0.15) is 16.7 Å². The Bertz CT molecular complexity index is 907. The Labute approximate surface area is 141 Å². The Balaban J connectivity index is 1.78. The molecule has 2 aliphatic heterocycles. The normalized spacial score (nSPS) is 22.0. The second kappa shape index (κ2) is 5.08. The predicted molar refractivity (Wildman–Crippen MR) is 85.0 cm³/mol. The molecular weight excluding hydrogens is 333 g/mol. The summed E-state index contributed by atoms with van der Waals surface area (Å²) in [6.07, 6.45) is -4.40. The van der Waals surface area contributed by atoms with Crippen LogP contribution in [0.15, 0.2) is 42.5 Å². The summed E-state index contributed by atoms with van der Waals surface area (Å²) in [5.74, 6) is -0.987. The lowest BCUT2D eigenvalue weighted by Crippen LogP contribution is -2.53. The van der Waals surface area contributed by atoms with E-state index in [0.717, 1.165) is 17.7 Å². The van der Waals surface area contributed by atoms with Gasteiger partial charge in [0.25, 0.3) is 0 Å². The minimum atomic E-state index is -4.48. The fourth-order valence-corrected chi connectivity index (χ4v) is 3.46. The van der Waals surface area contributed by atoms with Gasteiger partial charge in [0.2, 0.25) is 11.8 Å². The summed E-state index contributed by atoms with van der Waals surface area (Å²) in [5, 5.41) is 5.30. The van der Waals surface area contributed by atoms with Crippen molar-refractivity contribution < 1.29 is 22.8 Å². The summed E-state index contributed by atoms with van der Waals surface area (Å²) in [5.41, 5.74) is -0.201. The minimum Gasteiger partial charge on any atom is -0.325 e. The molecule has 4 rings (SSSR count). The topological polar surface area (TPSA) is 58.2 Å². The van der Waals surface area contributed by atoms with E-state index in [1.165, 1.54) is 6.07 Å². The highest BCUT2D eigenvalue weighted by Crippen LogP contribution is 2.43. The van der Waals surface area contributed by atoms with E-state index in [2.05, 4.69) is 10.6 Å². The third-order valence-corrected chi connectivity index (χ3v) is 4.80. The van der Waals surface area contributed by atoms with E-state index < -0.39 is 29.0 Å². The number of halogens is 3. The molecule has 2 aromatic rings. The van der Waals surface area contributed by atoms with E-state index in [1.807, 2.05) is 0 Å². The van der Waals surface area contributed by atoms with Gasteiger partial charge in [0.15, 0.2) is 0 Å². The molecule has 1 spiro atoms. The number of rotatable bonds is 0. The van der Waals surface area contributed by atoms with Crippen molar-refractivity contribution in [2.45, 2.75) is 19.0 Å². The molecule has 0 bridgehead atoms. The zero-order chi connectivity index (χ0) is 17.8. The SMILES string of the molecule is O=C1Nc2ccccc2CC12Cc1cc(C(F)(F)F)ccc1NC2=O. The van der Waals surface area contributed by atoms with E-state index >= 15 is 0 Å². The molecule has 0 aromatic heterocycles. The lowest BCUT2D eigenvalue weighted by molar-refractivity contribution is -0.138. The van der Waals surface area contributed by atoms with Gasteiger partial charge < -0.3 is 10.6 Å². The van der Waals surface area contributed by atoms with Gasteiger partial charge in [-0.2, -0.15) is 13.2 Å². The number of nitrogens with one attached hydrogen (secondary N) is 2. The van der Waals surface area contributed by atoms with E-state index in [9.17, 15) is 22.8 Å². The van der Waals surface area contributed by atoms with Crippen LogP contribution < -0.4 is 10.6 Å². The molecule has 0 saturated carbocycles. The lowest BCUT2D eigenvalue weighted by Gasteiger charge is -2.39. The van der Waals surface area contributed by atoms with Crippen molar-refractivity contribution in [3.05, 3.63) is 59.2 Å².